The third-order valence-electron chi connectivity index (χ3n) is 4.04. The Hall–Kier alpha value is -2.67. The van der Waals surface area contributed by atoms with Gasteiger partial charge < -0.3 is 20.3 Å². The first-order chi connectivity index (χ1) is 12.1. The minimum Gasteiger partial charge on any atom is -0.378 e. The molecule has 0 radical (unpaired) electrons. The second kappa shape index (κ2) is 7.94. The van der Waals surface area contributed by atoms with Crippen LogP contribution in [-0.4, -0.2) is 49.2 Å². The van der Waals surface area contributed by atoms with E-state index in [1.165, 1.54) is 0 Å². The summed E-state index contributed by atoms with van der Waals surface area (Å²) in [6, 6.07) is 9.23. The molecule has 1 unspecified atom stereocenters. The average Bonchev–Trinajstić information content (AvgIpc) is 3.14. The van der Waals surface area contributed by atoms with Crippen molar-refractivity contribution in [2.75, 3.05) is 42.8 Å². The number of nitrogens with one attached hydrogen (secondary N) is 2. The van der Waals surface area contributed by atoms with Gasteiger partial charge in [-0.05, 0) is 43.2 Å². The lowest BCUT2D eigenvalue weighted by Crippen LogP contribution is -2.21. The molecule has 2 heterocycles. The maximum atomic E-state index is 12.4. The molecular weight excluding hydrogens is 318 g/mol. The van der Waals surface area contributed by atoms with Crippen molar-refractivity contribution in [2.45, 2.75) is 18.9 Å². The van der Waals surface area contributed by atoms with Gasteiger partial charge >= 0.3 is 0 Å². The minimum atomic E-state index is -0.264. The fraction of sp³-hybridized carbons (Fsp3) is 0.389. The number of amides is 1. The molecule has 1 amide bonds. The fourth-order valence-electron chi connectivity index (χ4n) is 2.62. The second-order valence-electron chi connectivity index (χ2n) is 6.18. The van der Waals surface area contributed by atoms with E-state index in [9.17, 15) is 4.79 Å². The van der Waals surface area contributed by atoms with Crippen LogP contribution < -0.4 is 15.5 Å². The Morgan fingerprint density at radius 3 is 2.76 bits per heavy atom. The molecule has 1 aliphatic rings. The van der Waals surface area contributed by atoms with Crippen LogP contribution in [-0.2, 0) is 4.74 Å². The quantitative estimate of drug-likeness (QED) is 0.840. The van der Waals surface area contributed by atoms with E-state index >= 15 is 0 Å². The van der Waals surface area contributed by atoms with E-state index in [0.717, 1.165) is 30.8 Å². The van der Waals surface area contributed by atoms with Crippen LogP contribution in [0.15, 0.2) is 36.5 Å². The zero-order valence-electron chi connectivity index (χ0n) is 14.5. The van der Waals surface area contributed by atoms with Gasteiger partial charge in [0, 0.05) is 44.8 Å². The van der Waals surface area contributed by atoms with E-state index in [-0.39, 0.29) is 12.0 Å². The van der Waals surface area contributed by atoms with E-state index in [0.29, 0.717) is 18.2 Å². The van der Waals surface area contributed by atoms with E-state index in [1.807, 2.05) is 43.3 Å². The Kier molecular flexibility index (Phi) is 5.45. The van der Waals surface area contributed by atoms with Crippen molar-refractivity contribution in [3.8, 4) is 0 Å². The molecule has 1 fully saturated rings. The summed E-state index contributed by atoms with van der Waals surface area (Å²) in [5, 5.41) is 5.98. The Labute approximate surface area is 147 Å². The third-order valence-corrected chi connectivity index (χ3v) is 4.04. The molecule has 2 aromatic rings. The first kappa shape index (κ1) is 17.2. The molecular formula is C18H23N5O2. The van der Waals surface area contributed by atoms with Crippen LogP contribution in [0.5, 0.6) is 0 Å². The zero-order chi connectivity index (χ0) is 17.6. The molecule has 132 valence electrons. The van der Waals surface area contributed by atoms with E-state index in [2.05, 4.69) is 20.6 Å². The van der Waals surface area contributed by atoms with E-state index in [1.54, 1.807) is 12.3 Å². The Morgan fingerprint density at radius 1 is 1.28 bits per heavy atom. The molecule has 0 saturated carbocycles. The van der Waals surface area contributed by atoms with Gasteiger partial charge in [-0.1, -0.05) is 0 Å². The maximum absolute atomic E-state index is 12.4. The highest BCUT2D eigenvalue weighted by Gasteiger charge is 2.16. The highest BCUT2D eigenvalue weighted by atomic mass is 16.5. The average molecular weight is 341 g/mol. The summed E-state index contributed by atoms with van der Waals surface area (Å²) >= 11 is 0. The molecule has 1 aromatic heterocycles. The van der Waals surface area contributed by atoms with Gasteiger partial charge in [0.15, 0.2) is 0 Å². The molecule has 1 saturated heterocycles. The van der Waals surface area contributed by atoms with Crippen LogP contribution in [0, 0.1) is 0 Å². The summed E-state index contributed by atoms with van der Waals surface area (Å²) in [6.07, 6.45) is 3.89. The number of rotatable bonds is 6. The highest BCUT2D eigenvalue weighted by Crippen LogP contribution is 2.16. The van der Waals surface area contributed by atoms with Crippen molar-refractivity contribution in [3.05, 3.63) is 42.2 Å². The Morgan fingerprint density at radius 2 is 2.08 bits per heavy atom. The lowest BCUT2D eigenvalue weighted by molar-refractivity contribution is 0.102. The predicted molar refractivity (Wildman–Crippen MR) is 98.2 cm³/mol. The normalized spacial score (nSPS) is 16.5. The molecule has 0 bridgehead atoms. The zero-order valence-corrected chi connectivity index (χ0v) is 14.5. The standard InChI is InChI=1S/C18H23N5O2/c1-23(2)14-7-5-13(6-8-14)21-17(24)16-9-10-19-18(22-16)20-12-15-4-3-11-25-15/h5-10,15H,3-4,11-12H2,1-2H3,(H,21,24)(H,19,20,22). The molecule has 7 heteroatoms. The fourth-order valence-corrected chi connectivity index (χ4v) is 2.62. The SMILES string of the molecule is CN(C)c1ccc(NC(=O)c2ccnc(NCC3CCCO3)n2)cc1. The van der Waals surface area contributed by atoms with Gasteiger partial charge in [-0.25, -0.2) is 9.97 Å². The smallest absolute Gasteiger partial charge is 0.274 e. The lowest BCUT2D eigenvalue weighted by Gasteiger charge is -2.13. The molecule has 1 atom stereocenters. The third kappa shape index (κ3) is 4.67. The van der Waals surface area contributed by atoms with Gasteiger partial charge in [-0.15, -0.1) is 0 Å². The van der Waals surface area contributed by atoms with Crippen molar-refractivity contribution in [1.29, 1.82) is 0 Å². The Bertz CT molecular complexity index is 712. The number of anilines is 3. The number of nitrogens with zero attached hydrogens (tertiary/aromatic N) is 3. The van der Waals surface area contributed by atoms with Crippen LogP contribution in [0.3, 0.4) is 0 Å². The minimum absolute atomic E-state index is 0.191. The van der Waals surface area contributed by atoms with E-state index in [4.69, 9.17) is 4.74 Å². The van der Waals surface area contributed by atoms with Gasteiger partial charge in [0.05, 0.1) is 6.10 Å². The molecule has 25 heavy (non-hydrogen) atoms. The van der Waals surface area contributed by atoms with Crippen LogP contribution in [0.25, 0.3) is 0 Å². The molecule has 0 aliphatic carbocycles. The van der Waals surface area contributed by atoms with Crippen LogP contribution >= 0.6 is 0 Å². The largest absolute Gasteiger partial charge is 0.378 e. The summed E-state index contributed by atoms with van der Waals surface area (Å²) in [4.78, 5) is 22.8. The van der Waals surface area contributed by atoms with Crippen molar-refractivity contribution >= 4 is 23.2 Å². The van der Waals surface area contributed by atoms with Crippen LogP contribution in [0.4, 0.5) is 17.3 Å². The van der Waals surface area contributed by atoms with Crippen molar-refractivity contribution in [3.63, 3.8) is 0 Å². The molecule has 1 aromatic carbocycles. The first-order valence-corrected chi connectivity index (χ1v) is 8.39. The summed E-state index contributed by atoms with van der Waals surface area (Å²) < 4.78 is 5.56. The number of ether oxygens (including phenoxy) is 1. The van der Waals surface area contributed by atoms with Gasteiger partial charge in [-0.2, -0.15) is 0 Å². The molecule has 0 spiro atoms. The van der Waals surface area contributed by atoms with Crippen LogP contribution in [0.2, 0.25) is 0 Å². The van der Waals surface area contributed by atoms with Gasteiger partial charge in [-0.3, -0.25) is 4.79 Å². The topological polar surface area (TPSA) is 79.4 Å². The number of carbonyl (C=O) groups is 1. The Balaban J connectivity index is 1.60. The molecule has 1 aliphatic heterocycles. The number of hydrogen-bond donors (Lipinski definition) is 2. The molecule has 2 N–H and O–H groups in total. The summed E-state index contributed by atoms with van der Waals surface area (Å²) in [5.41, 5.74) is 2.12. The van der Waals surface area contributed by atoms with Crippen molar-refractivity contribution in [2.24, 2.45) is 0 Å². The van der Waals surface area contributed by atoms with Gasteiger partial charge in [0.25, 0.3) is 5.91 Å². The summed E-state index contributed by atoms with van der Waals surface area (Å²) in [7, 11) is 3.94. The summed E-state index contributed by atoms with van der Waals surface area (Å²) in [5.74, 6) is 0.172. The monoisotopic (exact) mass is 341 g/mol. The highest BCUT2D eigenvalue weighted by molar-refractivity contribution is 6.03. The van der Waals surface area contributed by atoms with Crippen molar-refractivity contribution < 1.29 is 9.53 Å². The van der Waals surface area contributed by atoms with E-state index < -0.39 is 0 Å². The second-order valence-corrected chi connectivity index (χ2v) is 6.18. The van der Waals surface area contributed by atoms with Crippen LogP contribution in [0.1, 0.15) is 23.3 Å². The summed E-state index contributed by atoms with van der Waals surface area (Å²) in [6.45, 7) is 1.46. The number of aromatic nitrogens is 2. The number of hydrogen-bond acceptors (Lipinski definition) is 6. The van der Waals surface area contributed by atoms with Crippen molar-refractivity contribution in [1.82, 2.24) is 9.97 Å². The molecule has 3 rings (SSSR count). The number of carbonyl (C=O) groups excluding carboxylic acids is 1. The van der Waals surface area contributed by atoms with Gasteiger partial charge in [0.2, 0.25) is 5.95 Å². The molecule has 7 nitrogen and oxygen atoms in total. The number of benzene rings is 1. The first-order valence-electron chi connectivity index (χ1n) is 8.39. The lowest BCUT2D eigenvalue weighted by atomic mass is 10.2. The predicted octanol–water partition coefficient (Wildman–Crippen LogP) is 2.39. The van der Waals surface area contributed by atoms with Gasteiger partial charge in [0.1, 0.15) is 5.69 Å². The maximum Gasteiger partial charge on any atom is 0.274 e.